The van der Waals surface area contributed by atoms with Crippen molar-refractivity contribution in [3.05, 3.63) is 35.4 Å². The second-order valence-corrected chi connectivity index (χ2v) is 4.56. The first kappa shape index (κ1) is 20.4. The first-order valence-corrected chi connectivity index (χ1v) is 7.13. The second-order valence-electron chi connectivity index (χ2n) is 4.56. The molecule has 0 heterocycles. The molecule has 4 nitrogen and oxygen atoms in total. The van der Waals surface area contributed by atoms with Gasteiger partial charge in [0.2, 0.25) is 0 Å². The Labute approximate surface area is 159 Å². The fourth-order valence-corrected chi connectivity index (χ4v) is 1.53. The van der Waals surface area contributed by atoms with Gasteiger partial charge >= 0.3 is 49.7 Å². The molecule has 0 saturated heterocycles. The first-order valence-electron chi connectivity index (χ1n) is 7.13. The van der Waals surface area contributed by atoms with Crippen LogP contribution in [0, 0.1) is 0 Å². The molecule has 0 aliphatic carbocycles. The van der Waals surface area contributed by atoms with Crippen molar-refractivity contribution < 1.29 is 21.9 Å². The van der Waals surface area contributed by atoms with Crippen molar-refractivity contribution in [1.29, 1.82) is 0 Å². The maximum absolute atomic E-state index is 11.7. The number of hydrogen-bond acceptors (Lipinski definition) is 4. The Hall–Kier alpha value is -0.580. The van der Waals surface area contributed by atoms with Crippen LogP contribution in [0.25, 0.3) is 0 Å². The quantitative estimate of drug-likeness (QED) is 0.418. The van der Waals surface area contributed by atoms with Gasteiger partial charge < -0.3 is 12.3 Å². The van der Waals surface area contributed by atoms with E-state index < -0.39 is 0 Å². The molecule has 0 amide bonds. The van der Waals surface area contributed by atoms with E-state index in [1.807, 2.05) is 13.8 Å². The number of rotatable bonds is 8. The molecule has 0 aliphatic heterocycles. The summed E-state index contributed by atoms with van der Waals surface area (Å²) in [6.45, 7) is 4.92. The van der Waals surface area contributed by atoms with Gasteiger partial charge in [-0.25, -0.2) is 9.59 Å². The van der Waals surface area contributed by atoms with Gasteiger partial charge in [-0.1, -0.05) is 26.7 Å². The molecule has 0 atom stereocenters. The number of hydrogen-bond donors (Lipinski definition) is 0. The van der Waals surface area contributed by atoms with Gasteiger partial charge in [-0.3, -0.25) is 0 Å². The van der Waals surface area contributed by atoms with E-state index in [4.69, 9.17) is 9.47 Å². The van der Waals surface area contributed by atoms with Crippen LogP contribution in [0.5, 0.6) is 0 Å². The standard InChI is InChI=1S/C16H22O4.Ca.2H/c1-3-5-11-19-15(17)13-7-9-14(10-8-13)16(18)20-12-6-4-2;;;/h7-10H,3-6,11-12H2,1-2H3;;;/q;+2;2*-1. The minimum atomic E-state index is -0.357. The number of unbranched alkanes of at least 4 members (excludes halogenated alkanes) is 2. The van der Waals surface area contributed by atoms with Crippen molar-refractivity contribution in [1.82, 2.24) is 0 Å². The molecule has 1 aromatic carbocycles. The minimum absolute atomic E-state index is 0. The summed E-state index contributed by atoms with van der Waals surface area (Å²) >= 11 is 0. The van der Waals surface area contributed by atoms with E-state index in [1.165, 1.54) is 0 Å². The molecule has 0 N–H and O–H groups in total. The monoisotopic (exact) mass is 320 g/mol. The molecule has 0 radical (unpaired) electrons. The van der Waals surface area contributed by atoms with Gasteiger partial charge in [-0.05, 0) is 37.1 Å². The third kappa shape index (κ3) is 7.84. The topological polar surface area (TPSA) is 52.6 Å². The van der Waals surface area contributed by atoms with Crippen molar-refractivity contribution >= 4 is 49.7 Å². The van der Waals surface area contributed by atoms with Crippen molar-refractivity contribution in [3.8, 4) is 0 Å². The molecule has 0 bridgehead atoms. The largest absolute Gasteiger partial charge is 2.00 e. The van der Waals surface area contributed by atoms with Gasteiger partial charge in [0.1, 0.15) is 0 Å². The van der Waals surface area contributed by atoms with Crippen molar-refractivity contribution in [2.24, 2.45) is 0 Å². The van der Waals surface area contributed by atoms with Crippen LogP contribution in [-0.4, -0.2) is 62.9 Å². The molecular formula is C16H24CaO4. The molecule has 0 fully saturated rings. The SMILES string of the molecule is CCCCOC(=O)c1ccc(C(=O)OCCCC)cc1.[Ca+2].[H-].[H-]. The van der Waals surface area contributed by atoms with E-state index in [9.17, 15) is 9.59 Å². The Morgan fingerprint density at radius 1 is 0.857 bits per heavy atom. The Balaban J connectivity index is -0.00000133. The average Bonchev–Trinajstić information content (AvgIpc) is 2.47. The van der Waals surface area contributed by atoms with Crippen LogP contribution >= 0.6 is 0 Å². The summed E-state index contributed by atoms with van der Waals surface area (Å²) in [7, 11) is 0. The predicted octanol–water partition coefficient (Wildman–Crippen LogP) is 3.44. The Morgan fingerprint density at radius 3 is 1.48 bits per heavy atom. The normalized spacial score (nSPS) is 9.62. The summed E-state index contributed by atoms with van der Waals surface area (Å²) < 4.78 is 10.2. The number of carbonyl (C=O) groups excluding carboxylic acids is 2. The molecular weight excluding hydrogens is 296 g/mol. The Morgan fingerprint density at radius 2 is 1.19 bits per heavy atom. The molecule has 1 rings (SSSR count). The third-order valence-electron chi connectivity index (χ3n) is 2.82. The zero-order valence-corrected chi connectivity index (χ0v) is 15.1. The third-order valence-corrected chi connectivity index (χ3v) is 2.82. The van der Waals surface area contributed by atoms with Gasteiger partial charge in [0.25, 0.3) is 0 Å². The van der Waals surface area contributed by atoms with Gasteiger partial charge in [0, 0.05) is 0 Å². The van der Waals surface area contributed by atoms with Gasteiger partial charge in [0.05, 0.1) is 24.3 Å². The van der Waals surface area contributed by atoms with Crippen molar-refractivity contribution in [2.75, 3.05) is 13.2 Å². The fraction of sp³-hybridized carbons (Fsp3) is 0.500. The van der Waals surface area contributed by atoms with Crippen LogP contribution in [0.1, 0.15) is 63.1 Å². The molecule has 0 saturated carbocycles. The maximum atomic E-state index is 11.7. The summed E-state index contributed by atoms with van der Waals surface area (Å²) in [6.07, 6.45) is 3.67. The van der Waals surface area contributed by atoms with E-state index >= 15 is 0 Å². The Bertz CT molecular complexity index is 397. The number of carbonyl (C=O) groups is 2. The van der Waals surface area contributed by atoms with Gasteiger partial charge in [-0.15, -0.1) is 0 Å². The average molecular weight is 320 g/mol. The fourth-order valence-electron chi connectivity index (χ4n) is 1.53. The number of ether oxygens (including phenoxy) is 2. The first-order chi connectivity index (χ1) is 9.69. The van der Waals surface area contributed by atoms with Gasteiger partial charge in [0.15, 0.2) is 0 Å². The van der Waals surface area contributed by atoms with E-state index in [-0.39, 0.29) is 52.5 Å². The minimum Gasteiger partial charge on any atom is -1.00 e. The predicted molar refractivity (Wildman–Crippen MR) is 84.8 cm³/mol. The molecule has 0 unspecified atom stereocenters. The number of esters is 2. The molecule has 21 heavy (non-hydrogen) atoms. The summed E-state index contributed by atoms with van der Waals surface area (Å²) in [6, 6.07) is 6.35. The summed E-state index contributed by atoms with van der Waals surface area (Å²) in [5, 5.41) is 0. The number of benzene rings is 1. The zero-order valence-electron chi connectivity index (χ0n) is 14.9. The van der Waals surface area contributed by atoms with Crippen LogP contribution in [-0.2, 0) is 9.47 Å². The van der Waals surface area contributed by atoms with E-state index in [0.29, 0.717) is 24.3 Å². The second kappa shape index (κ2) is 12.0. The van der Waals surface area contributed by atoms with Crippen molar-refractivity contribution in [2.45, 2.75) is 39.5 Å². The summed E-state index contributed by atoms with van der Waals surface area (Å²) in [4.78, 5) is 23.3. The molecule has 114 valence electrons. The maximum Gasteiger partial charge on any atom is 2.00 e. The Kier molecular flexibility index (Phi) is 11.7. The van der Waals surface area contributed by atoms with E-state index in [0.717, 1.165) is 25.7 Å². The van der Waals surface area contributed by atoms with Crippen LogP contribution in [0.2, 0.25) is 0 Å². The molecule has 0 spiro atoms. The molecule has 5 heteroatoms. The van der Waals surface area contributed by atoms with E-state index in [2.05, 4.69) is 0 Å². The van der Waals surface area contributed by atoms with Crippen LogP contribution < -0.4 is 0 Å². The molecule has 0 aromatic heterocycles. The zero-order chi connectivity index (χ0) is 14.8. The summed E-state index contributed by atoms with van der Waals surface area (Å²) in [5.74, 6) is -0.714. The van der Waals surface area contributed by atoms with E-state index in [1.54, 1.807) is 24.3 Å². The van der Waals surface area contributed by atoms with Gasteiger partial charge in [-0.2, -0.15) is 0 Å². The smallest absolute Gasteiger partial charge is 1.00 e. The summed E-state index contributed by atoms with van der Waals surface area (Å²) in [5.41, 5.74) is 0.900. The van der Waals surface area contributed by atoms with Crippen molar-refractivity contribution in [3.63, 3.8) is 0 Å². The van der Waals surface area contributed by atoms with Crippen LogP contribution in [0.3, 0.4) is 0 Å². The van der Waals surface area contributed by atoms with Crippen LogP contribution in [0.4, 0.5) is 0 Å². The molecule has 1 aromatic rings. The molecule has 0 aliphatic rings. The van der Waals surface area contributed by atoms with Crippen LogP contribution in [0.15, 0.2) is 24.3 Å².